The molecule has 0 atom stereocenters. The number of ketones is 1. The van der Waals surface area contributed by atoms with Crippen LogP contribution in [0.15, 0.2) is 46.9 Å². The van der Waals surface area contributed by atoms with Gasteiger partial charge in [0.25, 0.3) is 5.91 Å². The Hall–Kier alpha value is -2.01. The second-order valence-electron chi connectivity index (χ2n) is 4.21. The topological polar surface area (TPSA) is 46.2 Å². The molecule has 102 valence electrons. The van der Waals surface area contributed by atoms with E-state index in [1.54, 1.807) is 24.3 Å². The van der Waals surface area contributed by atoms with Gasteiger partial charge in [-0.25, -0.2) is 4.39 Å². The molecule has 0 saturated carbocycles. The van der Waals surface area contributed by atoms with Crippen LogP contribution in [-0.4, -0.2) is 11.7 Å². The quantitative estimate of drug-likeness (QED) is 0.860. The minimum Gasteiger partial charge on any atom is -0.321 e. The molecule has 0 fully saturated rings. The highest BCUT2D eigenvalue weighted by atomic mass is 79.9. The molecule has 0 unspecified atom stereocenters. The van der Waals surface area contributed by atoms with Gasteiger partial charge in [-0.05, 0) is 37.3 Å². The van der Waals surface area contributed by atoms with Gasteiger partial charge in [0.2, 0.25) is 0 Å². The van der Waals surface area contributed by atoms with Crippen molar-refractivity contribution in [2.45, 2.75) is 6.92 Å². The molecule has 2 aromatic carbocycles. The van der Waals surface area contributed by atoms with E-state index in [0.717, 1.165) is 6.07 Å². The number of benzene rings is 2. The summed E-state index contributed by atoms with van der Waals surface area (Å²) in [7, 11) is 0. The van der Waals surface area contributed by atoms with Crippen LogP contribution in [0.4, 0.5) is 10.1 Å². The number of rotatable bonds is 3. The maximum Gasteiger partial charge on any atom is 0.255 e. The summed E-state index contributed by atoms with van der Waals surface area (Å²) in [5, 5.41) is 2.62. The smallest absolute Gasteiger partial charge is 0.255 e. The molecule has 0 aromatic heterocycles. The van der Waals surface area contributed by atoms with Crippen molar-refractivity contribution < 1.29 is 14.0 Å². The van der Waals surface area contributed by atoms with Crippen molar-refractivity contribution in [3.05, 3.63) is 63.9 Å². The Morgan fingerprint density at radius 3 is 2.50 bits per heavy atom. The van der Waals surface area contributed by atoms with Crippen molar-refractivity contribution in [1.29, 1.82) is 0 Å². The standard InChI is InChI=1S/C15H11BrFNO2/c1-9(19)13-4-2-3-5-14(13)18-15(20)10-6-11(16)8-12(17)7-10/h2-8H,1H3,(H,18,20). The average molecular weight is 336 g/mol. The molecule has 0 saturated heterocycles. The monoisotopic (exact) mass is 335 g/mol. The summed E-state index contributed by atoms with van der Waals surface area (Å²) in [6, 6.07) is 10.6. The Kier molecular flexibility index (Phi) is 4.29. The van der Waals surface area contributed by atoms with Gasteiger partial charge in [-0.2, -0.15) is 0 Å². The zero-order valence-electron chi connectivity index (χ0n) is 10.6. The number of Topliss-reactive ketones (excluding diaryl/α,β-unsaturated/α-hetero) is 1. The molecule has 0 heterocycles. The Morgan fingerprint density at radius 1 is 1.15 bits per heavy atom. The molecule has 0 radical (unpaired) electrons. The molecule has 5 heteroatoms. The van der Waals surface area contributed by atoms with Crippen LogP contribution in [0.3, 0.4) is 0 Å². The van der Waals surface area contributed by atoms with Gasteiger partial charge in [0, 0.05) is 15.6 Å². The fourth-order valence-electron chi connectivity index (χ4n) is 1.78. The van der Waals surface area contributed by atoms with Crippen molar-refractivity contribution in [3.63, 3.8) is 0 Å². The van der Waals surface area contributed by atoms with Crippen LogP contribution >= 0.6 is 15.9 Å². The first-order valence-corrected chi connectivity index (χ1v) is 6.64. The molecule has 3 nitrogen and oxygen atoms in total. The average Bonchev–Trinajstić information content (AvgIpc) is 2.37. The fourth-order valence-corrected chi connectivity index (χ4v) is 2.24. The van der Waals surface area contributed by atoms with E-state index in [9.17, 15) is 14.0 Å². The first-order chi connectivity index (χ1) is 9.47. The van der Waals surface area contributed by atoms with Crippen LogP contribution in [0.25, 0.3) is 0 Å². The van der Waals surface area contributed by atoms with Crippen LogP contribution in [0, 0.1) is 5.82 Å². The van der Waals surface area contributed by atoms with Gasteiger partial charge in [0.1, 0.15) is 5.82 Å². The molecule has 1 N–H and O–H groups in total. The van der Waals surface area contributed by atoms with E-state index in [4.69, 9.17) is 0 Å². The summed E-state index contributed by atoms with van der Waals surface area (Å²) in [4.78, 5) is 23.6. The van der Waals surface area contributed by atoms with Gasteiger partial charge in [0.15, 0.2) is 5.78 Å². The fraction of sp³-hybridized carbons (Fsp3) is 0.0667. The summed E-state index contributed by atoms with van der Waals surface area (Å²) in [6.07, 6.45) is 0. The summed E-state index contributed by atoms with van der Waals surface area (Å²) < 4.78 is 13.7. The Bertz CT molecular complexity index is 665. The molecular weight excluding hydrogens is 325 g/mol. The van der Waals surface area contributed by atoms with Gasteiger partial charge in [-0.3, -0.25) is 9.59 Å². The maximum absolute atomic E-state index is 13.3. The minimum atomic E-state index is -0.510. The molecule has 0 aliphatic carbocycles. The molecule has 0 aliphatic heterocycles. The predicted molar refractivity (Wildman–Crippen MR) is 78.5 cm³/mol. The van der Waals surface area contributed by atoms with Gasteiger partial charge < -0.3 is 5.32 Å². The van der Waals surface area contributed by atoms with Crippen molar-refractivity contribution in [3.8, 4) is 0 Å². The zero-order chi connectivity index (χ0) is 14.7. The molecule has 20 heavy (non-hydrogen) atoms. The normalized spacial score (nSPS) is 10.2. The van der Waals surface area contributed by atoms with E-state index in [1.807, 2.05) is 0 Å². The Morgan fingerprint density at radius 2 is 1.85 bits per heavy atom. The lowest BCUT2D eigenvalue weighted by Crippen LogP contribution is -2.14. The molecule has 0 spiro atoms. The van der Waals surface area contributed by atoms with E-state index in [0.29, 0.717) is 15.7 Å². The number of carbonyl (C=O) groups is 2. The number of hydrogen-bond acceptors (Lipinski definition) is 2. The number of amides is 1. The van der Waals surface area contributed by atoms with Crippen molar-refractivity contribution >= 4 is 33.3 Å². The lowest BCUT2D eigenvalue weighted by Gasteiger charge is -2.09. The molecule has 2 aromatic rings. The van der Waals surface area contributed by atoms with E-state index < -0.39 is 11.7 Å². The van der Waals surface area contributed by atoms with Crippen LogP contribution in [0.5, 0.6) is 0 Å². The zero-order valence-corrected chi connectivity index (χ0v) is 12.2. The summed E-state index contributed by atoms with van der Waals surface area (Å²) in [5.41, 5.74) is 0.997. The number of anilines is 1. The van der Waals surface area contributed by atoms with Crippen molar-refractivity contribution in [1.82, 2.24) is 0 Å². The van der Waals surface area contributed by atoms with E-state index in [1.165, 1.54) is 19.1 Å². The van der Waals surface area contributed by atoms with Crippen molar-refractivity contribution in [2.24, 2.45) is 0 Å². The minimum absolute atomic E-state index is 0.152. The second kappa shape index (κ2) is 5.96. The Labute approximate surface area is 123 Å². The molecule has 0 bridgehead atoms. The number of halogens is 2. The first kappa shape index (κ1) is 14.4. The van der Waals surface area contributed by atoms with Gasteiger partial charge in [-0.1, -0.05) is 28.1 Å². The highest BCUT2D eigenvalue weighted by molar-refractivity contribution is 9.10. The molecule has 2 rings (SSSR count). The summed E-state index contributed by atoms with van der Waals surface area (Å²) in [5.74, 6) is -1.13. The number of hydrogen-bond donors (Lipinski definition) is 1. The third-order valence-electron chi connectivity index (χ3n) is 2.68. The van der Waals surface area contributed by atoms with Crippen LogP contribution in [0.2, 0.25) is 0 Å². The number of para-hydroxylation sites is 1. The Balaban J connectivity index is 2.30. The second-order valence-corrected chi connectivity index (χ2v) is 5.13. The number of nitrogens with one attached hydrogen (secondary N) is 1. The van der Waals surface area contributed by atoms with Gasteiger partial charge in [-0.15, -0.1) is 0 Å². The van der Waals surface area contributed by atoms with Crippen LogP contribution in [0.1, 0.15) is 27.6 Å². The van der Waals surface area contributed by atoms with E-state index >= 15 is 0 Å². The summed E-state index contributed by atoms with van der Waals surface area (Å²) >= 11 is 3.13. The number of carbonyl (C=O) groups excluding carboxylic acids is 2. The highest BCUT2D eigenvalue weighted by Gasteiger charge is 2.12. The lowest BCUT2D eigenvalue weighted by molar-refractivity contribution is 0.101. The molecular formula is C15H11BrFNO2. The predicted octanol–water partition coefficient (Wildman–Crippen LogP) is 4.04. The third kappa shape index (κ3) is 3.30. The molecule has 0 aliphatic rings. The van der Waals surface area contributed by atoms with Gasteiger partial charge in [0.05, 0.1) is 5.69 Å². The lowest BCUT2D eigenvalue weighted by atomic mass is 10.1. The van der Waals surface area contributed by atoms with E-state index in [-0.39, 0.29) is 11.3 Å². The highest BCUT2D eigenvalue weighted by Crippen LogP contribution is 2.19. The molecule has 1 amide bonds. The first-order valence-electron chi connectivity index (χ1n) is 5.85. The largest absolute Gasteiger partial charge is 0.321 e. The maximum atomic E-state index is 13.3. The SMILES string of the molecule is CC(=O)c1ccccc1NC(=O)c1cc(F)cc(Br)c1. The van der Waals surface area contributed by atoms with Crippen LogP contribution < -0.4 is 5.32 Å². The van der Waals surface area contributed by atoms with E-state index in [2.05, 4.69) is 21.2 Å². The van der Waals surface area contributed by atoms with Crippen molar-refractivity contribution in [2.75, 3.05) is 5.32 Å². The van der Waals surface area contributed by atoms with Crippen LogP contribution in [-0.2, 0) is 0 Å². The third-order valence-corrected chi connectivity index (χ3v) is 3.14. The summed E-state index contributed by atoms with van der Waals surface area (Å²) in [6.45, 7) is 1.42. The van der Waals surface area contributed by atoms with Gasteiger partial charge >= 0.3 is 0 Å².